The molecule has 1 aromatic carbocycles. The first kappa shape index (κ1) is 26.9. The number of aliphatic hydroxyl groups is 2. The maximum Gasteiger partial charge on any atom is 0.323 e. The number of esters is 1. The monoisotopic (exact) mass is 548 g/mol. The Morgan fingerprint density at radius 1 is 1.43 bits per heavy atom. The number of nitriles is 1. The second-order valence-electron chi connectivity index (χ2n) is 8.33. The Bertz CT molecular complexity index is 1380. The van der Waals surface area contributed by atoms with Crippen LogP contribution in [-0.2, 0) is 36.2 Å². The predicted octanol–water partition coefficient (Wildman–Crippen LogP) is 0.624. The molecular formula is C22H25N6O7PS. The molecule has 0 spiro atoms. The molecule has 13 nitrogen and oxygen atoms in total. The van der Waals surface area contributed by atoms with Crippen molar-refractivity contribution < 1.29 is 33.5 Å². The van der Waals surface area contributed by atoms with E-state index in [0.29, 0.717) is 11.3 Å². The number of nitrogen functional groups attached to an aromatic ring is 1. The highest BCUT2D eigenvalue weighted by Gasteiger charge is 2.61. The fourth-order valence-electron chi connectivity index (χ4n) is 3.88. The predicted molar refractivity (Wildman–Crippen MR) is 134 cm³/mol. The smallest absolute Gasteiger partial charge is 0.323 e. The summed E-state index contributed by atoms with van der Waals surface area (Å²) in [6.45, 7) is -3.08. The number of para-hydroxylation sites is 1. The van der Waals surface area contributed by atoms with Crippen molar-refractivity contribution in [1.29, 1.82) is 5.26 Å². The second kappa shape index (κ2) is 10.3. The molecule has 5 N–H and O–H groups in total. The van der Waals surface area contributed by atoms with Crippen LogP contribution in [0.15, 0.2) is 48.8 Å². The number of benzene rings is 1. The molecule has 0 amide bonds. The standard InChI is InChI=1S/C22H25N6O7PS/c1-14(19(29)32-2)27-36(37,35-15-6-4-3-5-7-15)34-11-21(10-23)20(30)22(31,12-33-21)17-9-8-16-18(24)25-13-26-28(16)17/h3-9,13-14,20,30-31H,11-12H2,1-2H3,(H,27,37)(H2,24,25,26)/t14-,20+,21+,22?,36?/m0/s1. The number of aliphatic hydroxyl groups excluding tert-OH is 1. The molecule has 1 aliphatic rings. The topological polar surface area (TPSA) is 186 Å². The van der Waals surface area contributed by atoms with Gasteiger partial charge in [-0.3, -0.25) is 4.79 Å². The number of anilines is 1. The Morgan fingerprint density at radius 2 is 2.16 bits per heavy atom. The fourth-order valence-corrected chi connectivity index (χ4v) is 6.29. The zero-order valence-corrected chi connectivity index (χ0v) is 21.6. The fraction of sp³-hybridized carbons (Fsp3) is 0.364. The summed E-state index contributed by atoms with van der Waals surface area (Å²) in [7, 11) is 1.22. The van der Waals surface area contributed by atoms with Crippen molar-refractivity contribution in [2.45, 2.75) is 30.3 Å². The highest BCUT2D eigenvalue weighted by Crippen LogP contribution is 2.48. The van der Waals surface area contributed by atoms with Gasteiger partial charge in [0.05, 0.1) is 19.4 Å². The Labute approximate surface area is 216 Å². The number of nitrogens with zero attached hydrogens (tertiary/aromatic N) is 4. The Morgan fingerprint density at radius 3 is 2.84 bits per heavy atom. The molecule has 2 unspecified atom stereocenters. The van der Waals surface area contributed by atoms with Crippen molar-refractivity contribution >= 4 is 35.8 Å². The summed E-state index contributed by atoms with van der Waals surface area (Å²) in [5.74, 6) is -0.0993. The van der Waals surface area contributed by atoms with Gasteiger partial charge in [0.15, 0.2) is 11.4 Å². The summed E-state index contributed by atoms with van der Waals surface area (Å²) in [6.07, 6.45) is -0.596. The van der Waals surface area contributed by atoms with E-state index in [2.05, 4.69) is 15.2 Å². The quantitative estimate of drug-likeness (QED) is 0.216. The van der Waals surface area contributed by atoms with E-state index in [4.69, 9.17) is 36.1 Å². The van der Waals surface area contributed by atoms with Crippen LogP contribution in [-0.4, -0.2) is 68.9 Å². The van der Waals surface area contributed by atoms with Crippen LogP contribution >= 0.6 is 6.64 Å². The van der Waals surface area contributed by atoms with Gasteiger partial charge in [0.25, 0.3) is 0 Å². The van der Waals surface area contributed by atoms with E-state index in [1.54, 1.807) is 36.4 Å². The van der Waals surface area contributed by atoms with Crippen LogP contribution in [0, 0.1) is 11.3 Å². The molecule has 0 bridgehead atoms. The summed E-state index contributed by atoms with van der Waals surface area (Å²) in [5, 5.41) is 39.6. The van der Waals surface area contributed by atoms with Crippen molar-refractivity contribution in [3.05, 3.63) is 54.5 Å². The third kappa shape index (κ3) is 5.03. The summed E-state index contributed by atoms with van der Waals surface area (Å²) in [6, 6.07) is 12.6. The molecule has 3 aromatic rings. The lowest BCUT2D eigenvalue weighted by molar-refractivity contribution is -0.142. The number of hydrogen-bond donors (Lipinski definition) is 4. The van der Waals surface area contributed by atoms with E-state index in [0.717, 1.165) is 0 Å². The van der Waals surface area contributed by atoms with Gasteiger partial charge in [-0.05, 0) is 43.0 Å². The first-order valence-electron chi connectivity index (χ1n) is 11.0. The number of carbonyl (C=O) groups is 1. The summed E-state index contributed by atoms with van der Waals surface area (Å²) in [4.78, 5) is 15.9. The minimum Gasteiger partial charge on any atom is -0.468 e. The van der Waals surface area contributed by atoms with Gasteiger partial charge in [-0.25, -0.2) is 14.6 Å². The Hall–Kier alpha value is -3.15. The van der Waals surface area contributed by atoms with Crippen molar-refractivity contribution in [2.75, 3.05) is 26.1 Å². The maximum absolute atomic E-state index is 12.0. The van der Waals surface area contributed by atoms with Crippen LogP contribution < -0.4 is 15.3 Å². The van der Waals surface area contributed by atoms with Gasteiger partial charge in [-0.2, -0.15) is 10.4 Å². The van der Waals surface area contributed by atoms with E-state index in [9.17, 15) is 20.3 Å². The zero-order valence-electron chi connectivity index (χ0n) is 19.8. The molecule has 196 valence electrons. The Balaban J connectivity index is 1.61. The number of ether oxygens (including phenoxy) is 2. The first-order chi connectivity index (χ1) is 17.6. The molecule has 1 aliphatic heterocycles. The van der Waals surface area contributed by atoms with Crippen molar-refractivity contribution in [3.63, 3.8) is 0 Å². The second-order valence-corrected chi connectivity index (χ2v) is 11.5. The number of methoxy groups -OCH3 is 1. The van der Waals surface area contributed by atoms with Gasteiger partial charge in [-0.15, -0.1) is 0 Å². The Kier molecular flexibility index (Phi) is 7.50. The zero-order chi connectivity index (χ0) is 26.8. The van der Waals surface area contributed by atoms with Crippen LogP contribution in [0.5, 0.6) is 5.75 Å². The maximum atomic E-state index is 12.0. The molecule has 37 heavy (non-hydrogen) atoms. The normalized spacial score (nSPS) is 25.8. The summed E-state index contributed by atoms with van der Waals surface area (Å²) >= 11 is 5.62. The lowest BCUT2D eigenvalue weighted by Crippen LogP contribution is -2.51. The molecule has 4 rings (SSSR count). The lowest BCUT2D eigenvalue weighted by atomic mass is 9.86. The van der Waals surface area contributed by atoms with Gasteiger partial charge < -0.3 is 34.5 Å². The van der Waals surface area contributed by atoms with E-state index < -0.39 is 49.2 Å². The number of fused-ring (bicyclic) bond motifs is 1. The van der Waals surface area contributed by atoms with Gasteiger partial charge in [0.1, 0.15) is 42.4 Å². The number of carbonyl (C=O) groups excluding carboxylic acids is 1. The third-order valence-electron chi connectivity index (χ3n) is 5.88. The molecular weight excluding hydrogens is 523 g/mol. The molecule has 1 saturated heterocycles. The van der Waals surface area contributed by atoms with Crippen molar-refractivity contribution in [3.8, 4) is 11.8 Å². The molecule has 15 heteroatoms. The molecule has 0 saturated carbocycles. The first-order valence-corrected chi connectivity index (χ1v) is 13.6. The van der Waals surface area contributed by atoms with Gasteiger partial charge >= 0.3 is 12.6 Å². The van der Waals surface area contributed by atoms with Crippen LogP contribution in [0.3, 0.4) is 0 Å². The number of rotatable bonds is 9. The molecule has 0 radical (unpaired) electrons. The number of nitrogens with one attached hydrogen (secondary N) is 1. The summed E-state index contributed by atoms with van der Waals surface area (Å²) in [5.41, 5.74) is 2.31. The molecule has 3 heterocycles. The van der Waals surface area contributed by atoms with Crippen LogP contribution in [0.2, 0.25) is 0 Å². The van der Waals surface area contributed by atoms with E-state index in [1.165, 1.54) is 30.9 Å². The largest absolute Gasteiger partial charge is 0.468 e. The molecule has 0 aliphatic carbocycles. The van der Waals surface area contributed by atoms with E-state index >= 15 is 0 Å². The molecule has 2 aromatic heterocycles. The van der Waals surface area contributed by atoms with Gasteiger partial charge in [0, 0.05) is 0 Å². The lowest BCUT2D eigenvalue weighted by Gasteiger charge is -2.32. The average Bonchev–Trinajstić information content (AvgIpc) is 3.44. The minimum atomic E-state index is -3.53. The summed E-state index contributed by atoms with van der Waals surface area (Å²) < 4.78 is 23.5. The van der Waals surface area contributed by atoms with E-state index in [-0.39, 0.29) is 11.5 Å². The van der Waals surface area contributed by atoms with Crippen molar-refractivity contribution in [1.82, 2.24) is 19.7 Å². The van der Waals surface area contributed by atoms with Gasteiger partial charge in [-0.1, -0.05) is 18.2 Å². The van der Waals surface area contributed by atoms with E-state index in [1.807, 2.05) is 6.07 Å². The molecule has 1 fully saturated rings. The minimum absolute atomic E-state index is 0.138. The highest BCUT2D eigenvalue weighted by atomic mass is 32.5. The number of aromatic nitrogens is 3. The van der Waals surface area contributed by atoms with Crippen LogP contribution in [0.4, 0.5) is 5.82 Å². The number of nitrogens with two attached hydrogens (primary N) is 1. The molecule has 5 atom stereocenters. The highest BCUT2D eigenvalue weighted by molar-refractivity contribution is 8.09. The third-order valence-corrected chi connectivity index (χ3v) is 8.36. The van der Waals surface area contributed by atoms with Crippen LogP contribution in [0.1, 0.15) is 12.6 Å². The number of hydrogen-bond acceptors (Lipinski definition) is 12. The average molecular weight is 549 g/mol. The van der Waals surface area contributed by atoms with Gasteiger partial charge in [0.2, 0.25) is 5.60 Å². The van der Waals surface area contributed by atoms with Crippen molar-refractivity contribution in [2.24, 2.45) is 0 Å². The van der Waals surface area contributed by atoms with Crippen LogP contribution in [0.25, 0.3) is 5.52 Å². The SMILES string of the molecule is COC(=O)[C@H](C)NP(=S)(OC[C@@]1(C#N)OCC(O)(c2ccc3c(N)ncnn23)[C@@H]1O)Oc1ccccc1.